The van der Waals surface area contributed by atoms with Gasteiger partial charge in [-0.05, 0) is 31.9 Å². The number of hydrogen-bond acceptors (Lipinski definition) is 4. The molecular formula is C15H18N4OS. The molecule has 21 heavy (non-hydrogen) atoms. The summed E-state index contributed by atoms with van der Waals surface area (Å²) in [5.74, 6) is 0.195. The van der Waals surface area contributed by atoms with Crippen molar-refractivity contribution in [2.45, 2.75) is 30.2 Å². The average molecular weight is 302 g/mol. The molecule has 0 saturated carbocycles. The quantitative estimate of drug-likeness (QED) is 0.814. The van der Waals surface area contributed by atoms with E-state index in [1.165, 1.54) is 11.8 Å². The van der Waals surface area contributed by atoms with Crippen LogP contribution in [0.15, 0.2) is 41.8 Å². The van der Waals surface area contributed by atoms with Crippen molar-refractivity contribution in [3.8, 4) is 5.69 Å². The highest BCUT2D eigenvalue weighted by atomic mass is 32.2. The molecule has 1 fully saturated rings. The zero-order valence-corrected chi connectivity index (χ0v) is 12.8. The highest BCUT2D eigenvalue weighted by Crippen LogP contribution is 2.25. The third-order valence-corrected chi connectivity index (χ3v) is 4.64. The fourth-order valence-corrected chi connectivity index (χ4v) is 3.40. The second-order valence-electron chi connectivity index (χ2n) is 5.11. The van der Waals surface area contributed by atoms with Crippen LogP contribution in [-0.2, 0) is 4.79 Å². The molecule has 5 nitrogen and oxygen atoms in total. The Morgan fingerprint density at radius 1 is 1.24 bits per heavy atom. The topological polar surface area (TPSA) is 51.0 Å². The number of thioether (sulfide) groups is 1. The second kappa shape index (κ2) is 6.30. The summed E-state index contributed by atoms with van der Waals surface area (Å²) < 4.78 is 1.92. The number of aromatic nitrogens is 3. The standard InChI is InChI=1S/C15H18N4OS/c1-12(14(20)18-9-5-6-10-18)21-15-17-16-11-19(15)13-7-3-2-4-8-13/h2-4,7-8,11-12H,5-6,9-10H2,1H3. The predicted molar refractivity (Wildman–Crippen MR) is 82.5 cm³/mol. The number of carbonyl (C=O) groups is 1. The molecule has 0 spiro atoms. The highest BCUT2D eigenvalue weighted by molar-refractivity contribution is 8.00. The summed E-state index contributed by atoms with van der Waals surface area (Å²) in [6, 6.07) is 9.92. The van der Waals surface area contributed by atoms with Crippen LogP contribution in [0.1, 0.15) is 19.8 Å². The van der Waals surface area contributed by atoms with Crippen LogP contribution in [0.3, 0.4) is 0 Å². The third-order valence-electron chi connectivity index (χ3n) is 3.60. The Labute approximate surface area is 128 Å². The van der Waals surface area contributed by atoms with Gasteiger partial charge in [0.2, 0.25) is 5.91 Å². The largest absolute Gasteiger partial charge is 0.342 e. The van der Waals surface area contributed by atoms with Gasteiger partial charge < -0.3 is 4.90 Å². The predicted octanol–water partition coefficient (Wildman–Crippen LogP) is 2.37. The lowest BCUT2D eigenvalue weighted by Gasteiger charge is -2.19. The van der Waals surface area contributed by atoms with E-state index >= 15 is 0 Å². The Morgan fingerprint density at radius 2 is 1.95 bits per heavy atom. The van der Waals surface area contributed by atoms with E-state index in [9.17, 15) is 4.79 Å². The summed E-state index contributed by atoms with van der Waals surface area (Å²) in [6.07, 6.45) is 3.91. The van der Waals surface area contributed by atoms with Crippen LogP contribution in [-0.4, -0.2) is 43.9 Å². The molecule has 0 bridgehead atoms. The molecule has 3 rings (SSSR count). The Hall–Kier alpha value is -1.82. The van der Waals surface area contributed by atoms with Crippen LogP contribution < -0.4 is 0 Å². The minimum absolute atomic E-state index is 0.144. The summed E-state index contributed by atoms with van der Waals surface area (Å²) in [4.78, 5) is 14.3. The van der Waals surface area contributed by atoms with Crippen molar-refractivity contribution in [3.05, 3.63) is 36.7 Å². The van der Waals surface area contributed by atoms with Crippen molar-refractivity contribution in [2.24, 2.45) is 0 Å². The fraction of sp³-hybridized carbons (Fsp3) is 0.400. The first-order valence-corrected chi connectivity index (χ1v) is 8.04. The highest BCUT2D eigenvalue weighted by Gasteiger charge is 2.25. The summed E-state index contributed by atoms with van der Waals surface area (Å²) in [5.41, 5.74) is 1.01. The number of amides is 1. The van der Waals surface area contributed by atoms with Crippen LogP contribution in [0.2, 0.25) is 0 Å². The minimum atomic E-state index is -0.144. The number of carbonyl (C=O) groups excluding carboxylic acids is 1. The lowest BCUT2D eigenvalue weighted by molar-refractivity contribution is -0.129. The van der Waals surface area contributed by atoms with Gasteiger partial charge in [0.15, 0.2) is 5.16 Å². The summed E-state index contributed by atoms with van der Waals surface area (Å²) >= 11 is 1.46. The summed E-state index contributed by atoms with van der Waals surface area (Å²) in [7, 11) is 0. The Morgan fingerprint density at radius 3 is 2.67 bits per heavy atom. The molecule has 1 amide bonds. The maximum Gasteiger partial charge on any atom is 0.235 e. The van der Waals surface area contributed by atoms with Gasteiger partial charge in [-0.3, -0.25) is 9.36 Å². The van der Waals surface area contributed by atoms with Crippen molar-refractivity contribution in [1.29, 1.82) is 0 Å². The van der Waals surface area contributed by atoms with E-state index in [2.05, 4.69) is 10.2 Å². The molecule has 1 aliphatic heterocycles. The van der Waals surface area contributed by atoms with Crippen molar-refractivity contribution < 1.29 is 4.79 Å². The molecule has 1 aromatic carbocycles. The first-order valence-electron chi connectivity index (χ1n) is 7.16. The average Bonchev–Trinajstić information content (AvgIpc) is 3.19. The van der Waals surface area contributed by atoms with Crippen molar-refractivity contribution in [3.63, 3.8) is 0 Å². The van der Waals surface area contributed by atoms with Crippen molar-refractivity contribution in [2.75, 3.05) is 13.1 Å². The van der Waals surface area contributed by atoms with E-state index < -0.39 is 0 Å². The zero-order chi connectivity index (χ0) is 14.7. The molecule has 1 aromatic heterocycles. The molecule has 110 valence electrons. The maximum absolute atomic E-state index is 12.4. The Kier molecular flexibility index (Phi) is 4.24. The van der Waals surface area contributed by atoms with Gasteiger partial charge in [-0.2, -0.15) is 0 Å². The van der Waals surface area contributed by atoms with E-state index in [-0.39, 0.29) is 11.2 Å². The van der Waals surface area contributed by atoms with Gasteiger partial charge in [-0.1, -0.05) is 30.0 Å². The van der Waals surface area contributed by atoms with Crippen LogP contribution in [0.5, 0.6) is 0 Å². The summed E-state index contributed by atoms with van der Waals surface area (Å²) in [6.45, 7) is 3.71. The molecule has 1 saturated heterocycles. The van der Waals surface area contributed by atoms with Gasteiger partial charge in [0.25, 0.3) is 0 Å². The van der Waals surface area contributed by atoms with Crippen molar-refractivity contribution in [1.82, 2.24) is 19.7 Å². The molecule has 1 unspecified atom stereocenters. The zero-order valence-electron chi connectivity index (χ0n) is 12.0. The lowest BCUT2D eigenvalue weighted by atomic mass is 10.3. The number of likely N-dealkylation sites (tertiary alicyclic amines) is 1. The van der Waals surface area contributed by atoms with Crippen LogP contribution in [0.4, 0.5) is 0 Å². The normalized spacial score (nSPS) is 16.1. The van der Waals surface area contributed by atoms with Gasteiger partial charge in [0, 0.05) is 18.8 Å². The lowest BCUT2D eigenvalue weighted by Crippen LogP contribution is -2.34. The second-order valence-corrected chi connectivity index (χ2v) is 6.42. The molecule has 0 aliphatic carbocycles. The molecule has 1 aliphatic rings. The van der Waals surface area contributed by atoms with Crippen molar-refractivity contribution >= 4 is 17.7 Å². The molecular weight excluding hydrogens is 284 g/mol. The smallest absolute Gasteiger partial charge is 0.235 e. The third kappa shape index (κ3) is 3.10. The number of nitrogens with zero attached hydrogens (tertiary/aromatic N) is 4. The van der Waals surface area contributed by atoms with Crippen LogP contribution >= 0.6 is 11.8 Å². The van der Waals surface area contributed by atoms with Gasteiger partial charge in [-0.15, -0.1) is 10.2 Å². The minimum Gasteiger partial charge on any atom is -0.342 e. The van der Waals surface area contributed by atoms with E-state index in [0.29, 0.717) is 0 Å². The van der Waals surface area contributed by atoms with Gasteiger partial charge >= 0.3 is 0 Å². The maximum atomic E-state index is 12.4. The van der Waals surface area contributed by atoms with Crippen LogP contribution in [0, 0.1) is 0 Å². The first-order chi connectivity index (χ1) is 10.3. The molecule has 6 heteroatoms. The fourth-order valence-electron chi connectivity index (χ4n) is 2.47. The Balaban J connectivity index is 1.73. The van der Waals surface area contributed by atoms with E-state index in [0.717, 1.165) is 36.8 Å². The van der Waals surface area contributed by atoms with E-state index in [4.69, 9.17) is 0 Å². The van der Waals surface area contributed by atoms with Crippen LogP contribution in [0.25, 0.3) is 5.69 Å². The van der Waals surface area contributed by atoms with E-state index in [1.54, 1.807) is 6.33 Å². The number of hydrogen-bond donors (Lipinski definition) is 0. The monoisotopic (exact) mass is 302 g/mol. The van der Waals surface area contributed by atoms with Gasteiger partial charge in [-0.25, -0.2) is 0 Å². The molecule has 2 heterocycles. The molecule has 0 N–H and O–H groups in total. The van der Waals surface area contributed by atoms with E-state index in [1.807, 2.05) is 46.7 Å². The molecule has 2 aromatic rings. The summed E-state index contributed by atoms with van der Waals surface area (Å²) in [5, 5.41) is 8.73. The molecule has 1 atom stereocenters. The number of para-hydroxylation sites is 1. The Bertz CT molecular complexity index is 607. The molecule has 0 radical (unpaired) electrons. The first kappa shape index (κ1) is 14.1. The van der Waals surface area contributed by atoms with Gasteiger partial charge in [0.1, 0.15) is 6.33 Å². The number of rotatable bonds is 4. The number of benzene rings is 1. The van der Waals surface area contributed by atoms with Gasteiger partial charge in [0.05, 0.1) is 5.25 Å². The SMILES string of the molecule is CC(Sc1nncn1-c1ccccc1)C(=O)N1CCCC1.